The van der Waals surface area contributed by atoms with E-state index in [0.29, 0.717) is 13.1 Å². The highest BCUT2D eigenvalue weighted by Gasteiger charge is 2.28. The lowest BCUT2D eigenvalue weighted by atomic mass is 9.93. The maximum Gasteiger partial charge on any atom is 0.256 e. The van der Waals surface area contributed by atoms with Gasteiger partial charge in [0.2, 0.25) is 0 Å². The first-order valence-electron chi connectivity index (χ1n) is 11.7. The minimum Gasteiger partial charge on any atom is -0.366 e. The van der Waals surface area contributed by atoms with Crippen LogP contribution in [0.3, 0.4) is 0 Å². The number of rotatable bonds is 5. The summed E-state index contributed by atoms with van der Waals surface area (Å²) in [5, 5.41) is 8.93. The maximum absolute atomic E-state index is 13.4. The summed E-state index contributed by atoms with van der Waals surface area (Å²) in [5.74, 6) is 1.07. The van der Waals surface area contributed by atoms with Gasteiger partial charge in [-0.3, -0.25) is 9.78 Å². The molecular formula is C26H24BrN7O. The largest absolute Gasteiger partial charge is 0.366 e. The fraction of sp³-hybridized carbons (Fsp3) is 0.231. The quantitative estimate of drug-likeness (QED) is 0.334. The molecule has 2 N–H and O–H groups in total. The molecule has 1 amide bonds. The number of nitrogens with one attached hydrogen (secondary N) is 2. The van der Waals surface area contributed by atoms with Crippen molar-refractivity contribution in [1.82, 2.24) is 29.5 Å². The molecule has 1 atom stereocenters. The van der Waals surface area contributed by atoms with Crippen LogP contribution in [0.1, 0.15) is 40.4 Å². The number of halogens is 1. The smallest absolute Gasteiger partial charge is 0.256 e. The van der Waals surface area contributed by atoms with Crippen molar-refractivity contribution in [1.29, 1.82) is 0 Å². The number of carbonyl (C=O) groups excluding carboxylic acids is 1. The Labute approximate surface area is 210 Å². The third kappa shape index (κ3) is 4.16. The summed E-state index contributed by atoms with van der Waals surface area (Å²) in [6.45, 7) is 2.01. The first kappa shape index (κ1) is 21.8. The van der Waals surface area contributed by atoms with E-state index in [2.05, 4.69) is 42.4 Å². The Bertz CT molecular complexity index is 1510. The molecule has 0 radical (unpaired) electrons. The highest BCUT2D eigenvalue weighted by atomic mass is 79.9. The van der Waals surface area contributed by atoms with Crippen molar-refractivity contribution < 1.29 is 4.79 Å². The van der Waals surface area contributed by atoms with E-state index in [1.54, 1.807) is 12.4 Å². The maximum atomic E-state index is 13.4. The van der Waals surface area contributed by atoms with Crippen LogP contribution in [0.25, 0.3) is 16.6 Å². The molecule has 0 spiro atoms. The Morgan fingerprint density at radius 1 is 1.20 bits per heavy atom. The van der Waals surface area contributed by atoms with Gasteiger partial charge in [0.25, 0.3) is 5.91 Å². The fourth-order valence-corrected chi connectivity index (χ4v) is 5.16. The van der Waals surface area contributed by atoms with E-state index in [1.807, 2.05) is 58.2 Å². The Morgan fingerprint density at radius 3 is 3.00 bits per heavy atom. The molecule has 5 aromatic rings. The van der Waals surface area contributed by atoms with Crippen molar-refractivity contribution >= 4 is 44.2 Å². The number of amides is 1. The highest BCUT2D eigenvalue weighted by molar-refractivity contribution is 9.10. The molecule has 1 aliphatic rings. The van der Waals surface area contributed by atoms with Gasteiger partial charge >= 0.3 is 0 Å². The second kappa shape index (κ2) is 9.14. The number of fused-ring (bicyclic) bond motifs is 2. The predicted molar refractivity (Wildman–Crippen MR) is 138 cm³/mol. The van der Waals surface area contributed by atoms with Gasteiger partial charge in [-0.1, -0.05) is 24.3 Å². The van der Waals surface area contributed by atoms with Gasteiger partial charge in [0.1, 0.15) is 5.82 Å². The van der Waals surface area contributed by atoms with E-state index in [1.165, 1.54) is 0 Å². The van der Waals surface area contributed by atoms with Crippen LogP contribution in [0.5, 0.6) is 0 Å². The number of hydrogen-bond donors (Lipinski definition) is 2. The molecule has 35 heavy (non-hydrogen) atoms. The molecule has 9 heteroatoms. The number of pyridine rings is 1. The predicted octanol–water partition coefficient (Wildman–Crippen LogP) is 5.00. The third-order valence-corrected chi connectivity index (χ3v) is 7.15. The molecule has 1 saturated heterocycles. The van der Waals surface area contributed by atoms with E-state index in [9.17, 15) is 4.79 Å². The van der Waals surface area contributed by atoms with Gasteiger partial charge in [-0.2, -0.15) is 9.61 Å². The van der Waals surface area contributed by atoms with Crippen LogP contribution in [0.4, 0.5) is 5.82 Å². The summed E-state index contributed by atoms with van der Waals surface area (Å²) in [7, 11) is 0. The molecule has 1 fully saturated rings. The Hall–Kier alpha value is -3.72. The monoisotopic (exact) mass is 529 g/mol. The van der Waals surface area contributed by atoms with Crippen LogP contribution in [-0.4, -0.2) is 48.5 Å². The Balaban J connectivity index is 1.28. The highest BCUT2D eigenvalue weighted by Crippen LogP contribution is 2.31. The molecule has 0 bridgehead atoms. The summed E-state index contributed by atoms with van der Waals surface area (Å²) in [6.07, 6.45) is 9.11. The van der Waals surface area contributed by atoms with Crippen molar-refractivity contribution in [2.75, 3.05) is 18.4 Å². The van der Waals surface area contributed by atoms with Crippen LogP contribution in [0, 0.1) is 0 Å². The molecule has 1 aliphatic heterocycles. The van der Waals surface area contributed by atoms with Crippen LogP contribution >= 0.6 is 15.9 Å². The number of likely N-dealkylation sites (tertiary alicyclic amines) is 1. The van der Waals surface area contributed by atoms with Gasteiger partial charge in [-0.05, 0) is 46.5 Å². The molecule has 4 aromatic heterocycles. The molecule has 0 aliphatic carbocycles. The Kier molecular flexibility index (Phi) is 5.69. The topological polar surface area (TPSA) is 91.2 Å². The number of piperidine rings is 1. The lowest BCUT2D eigenvalue weighted by molar-refractivity contribution is 0.0708. The zero-order valence-corrected chi connectivity index (χ0v) is 20.6. The van der Waals surface area contributed by atoms with E-state index in [4.69, 9.17) is 4.98 Å². The van der Waals surface area contributed by atoms with E-state index in [-0.39, 0.29) is 11.8 Å². The lowest BCUT2D eigenvalue weighted by Gasteiger charge is -2.32. The Morgan fingerprint density at radius 2 is 2.11 bits per heavy atom. The van der Waals surface area contributed by atoms with Gasteiger partial charge in [0, 0.05) is 61.1 Å². The van der Waals surface area contributed by atoms with Crippen molar-refractivity contribution in [3.63, 3.8) is 0 Å². The number of para-hydroxylation sites is 1. The molecule has 0 saturated carbocycles. The van der Waals surface area contributed by atoms with Gasteiger partial charge in [-0.15, -0.1) is 0 Å². The molecular weight excluding hydrogens is 506 g/mol. The third-order valence-electron chi connectivity index (χ3n) is 6.59. The summed E-state index contributed by atoms with van der Waals surface area (Å²) in [5.41, 5.74) is 4.51. The number of benzene rings is 1. The van der Waals surface area contributed by atoms with Crippen LogP contribution in [0.15, 0.2) is 71.7 Å². The molecule has 1 unspecified atom stereocenters. The van der Waals surface area contributed by atoms with Gasteiger partial charge in [0.05, 0.1) is 21.9 Å². The molecule has 176 valence electrons. The minimum absolute atomic E-state index is 0.0636. The number of nitrogens with zero attached hydrogens (tertiary/aromatic N) is 5. The molecule has 1 aromatic carbocycles. The average Bonchev–Trinajstić information content (AvgIpc) is 3.51. The number of anilines is 1. The summed E-state index contributed by atoms with van der Waals surface area (Å²) in [4.78, 5) is 27.8. The van der Waals surface area contributed by atoms with Gasteiger partial charge in [-0.25, -0.2) is 4.98 Å². The number of hydrogen-bond acceptors (Lipinski definition) is 5. The number of H-pyrrole nitrogens is 1. The fourth-order valence-electron chi connectivity index (χ4n) is 4.81. The first-order chi connectivity index (χ1) is 17.2. The summed E-state index contributed by atoms with van der Waals surface area (Å²) in [6, 6.07) is 14.0. The van der Waals surface area contributed by atoms with E-state index < -0.39 is 0 Å². The number of aromatic nitrogens is 5. The standard InChI is InChI=1S/C26H24BrN7O/c27-21-15-31-34-24(30-13-17-5-3-9-28-12-17)11-23(32-25(21)34)18-6-4-10-33(16-18)26(35)20-14-29-22-8-2-1-7-19(20)22/h1-3,5,7-9,11-12,14-15,18,29-30H,4,6,10,13,16H2. The van der Waals surface area contributed by atoms with E-state index >= 15 is 0 Å². The lowest BCUT2D eigenvalue weighted by Crippen LogP contribution is -2.39. The molecule has 5 heterocycles. The van der Waals surface area contributed by atoms with Crippen molar-refractivity contribution in [2.24, 2.45) is 0 Å². The van der Waals surface area contributed by atoms with Crippen molar-refractivity contribution in [3.8, 4) is 0 Å². The minimum atomic E-state index is 0.0636. The van der Waals surface area contributed by atoms with Crippen LogP contribution in [0.2, 0.25) is 0 Å². The molecule has 8 nitrogen and oxygen atoms in total. The first-order valence-corrected chi connectivity index (χ1v) is 12.5. The zero-order valence-electron chi connectivity index (χ0n) is 19.0. The SMILES string of the molecule is O=C(c1c[nH]c2ccccc12)N1CCCC(c2cc(NCc3cccnc3)n3ncc(Br)c3n2)C1. The normalized spacial score (nSPS) is 16.1. The van der Waals surface area contributed by atoms with Crippen LogP contribution in [-0.2, 0) is 6.54 Å². The average molecular weight is 530 g/mol. The number of aromatic amines is 1. The number of carbonyl (C=O) groups is 1. The second-order valence-corrected chi connectivity index (χ2v) is 9.70. The second-order valence-electron chi connectivity index (χ2n) is 8.85. The summed E-state index contributed by atoms with van der Waals surface area (Å²) >= 11 is 3.59. The van der Waals surface area contributed by atoms with Gasteiger partial charge < -0.3 is 15.2 Å². The summed E-state index contributed by atoms with van der Waals surface area (Å²) < 4.78 is 2.65. The molecule has 6 rings (SSSR count). The zero-order chi connectivity index (χ0) is 23.8. The van der Waals surface area contributed by atoms with Gasteiger partial charge in [0.15, 0.2) is 5.65 Å². The van der Waals surface area contributed by atoms with Crippen LogP contribution < -0.4 is 5.32 Å². The van der Waals surface area contributed by atoms with Crippen molar-refractivity contribution in [3.05, 3.63) is 88.5 Å². The van der Waals surface area contributed by atoms with E-state index in [0.717, 1.165) is 63.0 Å². The van der Waals surface area contributed by atoms with Crippen molar-refractivity contribution in [2.45, 2.75) is 25.3 Å².